The Morgan fingerprint density at radius 3 is 2.43 bits per heavy atom. The Labute approximate surface area is 222 Å². The Hall–Kier alpha value is -3.06. The second kappa shape index (κ2) is 11.5. The molecule has 1 amide bonds. The molecule has 1 fully saturated rings. The molecule has 2 heterocycles. The number of aryl methyl sites for hydroxylation is 1. The lowest BCUT2D eigenvalue weighted by Crippen LogP contribution is -2.36. The van der Waals surface area contributed by atoms with Crippen molar-refractivity contribution in [1.82, 2.24) is 4.90 Å². The molecule has 2 aliphatic heterocycles. The van der Waals surface area contributed by atoms with E-state index < -0.39 is 10.8 Å². The number of hydrogen-bond acceptors (Lipinski definition) is 4. The lowest BCUT2D eigenvalue weighted by Gasteiger charge is -2.31. The maximum Gasteiger partial charge on any atom is 0.251 e. The van der Waals surface area contributed by atoms with Crippen molar-refractivity contribution < 1.29 is 13.7 Å². The lowest BCUT2D eigenvalue weighted by molar-refractivity contribution is -0.112. The van der Waals surface area contributed by atoms with Crippen LogP contribution in [0, 0.1) is 6.92 Å². The van der Waals surface area contributed by atoms with E-state index in [0.717, 1.165) is 59.9 Å². The Morgan fingerprint density at radius 2 is 1.70 bits per heavy atom. The van der Waals surface area contributed by atoms with Gasteiger partial charge < -0.3 is 10.1 Å². The van der Waals surface area contributed by atoms with Gasteiger partial charge in [-0.3, -0.25) is 13.9 Å². The highest BCUT2D eigenvalue weighted by molar-refractivity contribution is 7.85. The third-order valence-corrected chi connectivity index (χ3v) is 8.71. The summed E-state index contributed by atoms with van der Waals surface area (Å²) in [4.78, 5) is 16.4. The topological polar surface area (TPSA) is 58.6 Å². The molecule has 5 nitrogen and oxygen atoms in total. The maximum atomic E-state index is 13.2. The fraction of sp³-hybridized carbons (Fsp3) is 0.323. The predicted molar refractivity (Wildman–Crippen MR) is 151 cm³/mol. The number of rotatable bonds is 6. The summed E-state index contributed by atoms with van der Waals surface area (Å²) >= 11 is 0. The van der Waals surface area contributed by atoms with Crippen molar-refractivity contribution >= 4 is 28.5 Å². The van der Waals surface area contributed by atoms with E-state index in [1.165, 1.54) is 11.1 Å². The summed E-state index contributed by atoms with van der Waals surface area (Å²) in [5.74, 6) is 0.297. The first-order chi connectivity index (χ1) is 18.0. The monoisotopic (exact) mass is 514 g/mol. The molecule has 192 valence electrons. The van der Waals surface area contributed by atoms with Crippen molar-refractivity contribution in [2.45, 2.75) is 43.7 Å². The van der Waals surface area contributed by atoms with E-state index in [4.69, 9.17) is 4.74 Å². The SMILES string of the molecule is Cc1ccc(-c2ccc3c(c2)C=C(C(=O)Nc2ccc(CN(C)C4CCOCC4)cc2)CCS3=O)cc1. The number of ether oxygens (including phenoxy) is 1. The summed E-state index contributed by atoms with van der Waals surface area (Å²) < 4.78 is 18.4. The van der Waals surface area contributed by atoms with E-state index in [1.807, 2.05) is 36.4 Å². The molecular weight excluding hydrogens is 480 g/mol. The highest BCUT2D eigenvalue weighted by atomic mass is 32.2. The summed E-state index contributed by atoms with van der Waals surface area (Å²) in [7, 11) is 1.02. The van der Waals surface area contributed by atoms with Crippen LogP contribution in [0.15, 0.2) is 77.2 Å². The van der Waals surface area contributed by atoms with Crippen LogP contribution in [-0.4, -0.2) is 47.1 Å². The van der Waals surface area contributed by atoms with Crippen LogP contribution in [0.4, 0.5) is 5.69 Å². The minimum absolute atomic E-state index is 0.141. The summed E-state index contributed by atoms with van der Waals surface area (Å²) in [6.45, 7) is 4.61. The zero-order valence-electron chi connectivity index (χ0n) is 21.5. The molecule has 2 aliphatic rings. The smallest absolute Gasteiger partial charge is 0.251 e. The minimum atomic E-state index is -1.14. The van der Waals surface area contributed by atoms with Crippen LogP contribution in [0.5, 0.6) is 0 Å². The highest BCUT2D eigenvalue weighted by Crippen LogP contribution is 2.30. The fourth-order valence-electron chi connectivity index (χ4n) is 4.99. The van der Waals surface area contributed by atoms with Gasteiger partial charge in [0.2, 0.25) is 0 Å². The van der Waals surface area contributed by atoms with Crippen molar-refractivity contribution in [3.05, 3.63) is 89.0 Å². The standard InChI is InChI=1S/C31H34N2O3S/c1-22-3-7-24(8-4-22)25-9-12-30-27(19-25)20-26(15-18-37(30)35)31(34)32-28-10-5-23(6-11-28)21-33(2)29-13-16-36-17-14-29/h3-12,19-20,29H,13-18,21H2,1-2H3,(H,32,34). The number of carbonyl (C=O) groups excluding carboxylic acids is 1. The van der Waals surface area contributed by atoms with Crippen molar-refractivity contribution in [3.8, 4) is 11.1 Å². The molecule has 0 bridgehead atoms. The first-order valence-electron chi connectivity index (χ1n) is 12.9. The average molecular weight is 515 g/mol. The van der Waals surface area contributed by atoms with Crippen molar-refractivity contribution in [2.75, 3.05) is 31.3 Å². The largest absolute Gasteiger partial charge is 0.381 e. The molecule has 37 heavy (non-hydrogen) atoms. The molecular formula is C31H34N2O3S. The lowest BCUT2D eigenvalue weighted by atomic mass is 10.0. The quantitative estimate of drug-likeness (QED) is 0.451. The summed E-state index contributed by atoms with van der Waals surface area (Å²) in [6.07, 6.45) is 4.52. The molecule has 3 aromatic rings. The number of anilines is 1. The van der Waals surface area contributed by atoms with Crippen LogP contribution >= 0.6 is 0 Å². The molecule has 0 saturated carbocycles. The molecule has 1 saturated heterocycles. The van der Waals surface area contributed by atoms with E-state index in [1.54, 1.807) is 0 Å². The highest BCUT2D eigenvalue weighted by Gasteiger charge is 2.21. The first kappa shape index (κ1) is 25.6. The molecule has 6 heteroatoms. The number of carbonyl (C=O) groups is 1. The zero-order valence-corrected chi connectivity index (χ0v) is 22.4. The molecule has 0 aromatic heterocycles. The van der Waals surface area contributed by atoms with E-state index in [2.05, 4.69) is 60.6 Å². The van der Waals surface area contributed by atoms with Gasteiger partial charge in [-0.05, 0) is 85.8 Å². The van der Waals surface area contributed by atoms with Crippen molar-refractivity contribution in [3.63, 3.8) is 0 Å². The van der Waals surface area contributed by atoms with Crippen LogP contribution in [0.3, 0.4) is 0 Å². The Morgan fingerprint density at radius 1 is 1.00 bits per heavy atom. The number of benzene rings is 3. The van der Waals surface area contributed by atoms with Gasteiger partial charge in [0, 0.05) is 47.7 Å². The molecule has 5 rings (SSSR count). The Balaban J connectivity index is 1.29. The van der Waals surface area contributed by atoms with Gasteiger partial charge >= 0.3 is 0 Å². The molecule has 1 unspecified atom stereocenters. The van der Waals surface area contributed by atoms with Gasteiger partial charge in [0.15, 0.2) is 0 Å². The fourth-order valence-corrected chi connectivity index (χ4v) is 6.22. The van der Waals surface area contributed by atoms with Gasteiger partial charge in [-0.1, -0.05) is 48.0 Å². The third kappa shape index (κ3) is 6.27. The number of amides is 1. The summed E-state index contributed by atoms with van der Waals surface area (Å²) in [6, 6.07) is 23.0. The van der Waals surface area contributed by atoms with E-state index in [-0.39, 0.29) is 5.91 Å². The normalized spacial score (nSPS) is 18.1. The number of fused-ring (bicyclic) bond motifs is 1. The van der Waals surface area contributed by atoms with Crippen LogP contribution in [0.1, 0.15) is 36.0 Å². The van der Waals surface area contributed by atoms with Gasteiger partial charge in [0.05, 0.1) is 10.8 Å². The summed E-state index contributed by atoms with van der Waals surface area (Å²) in [5, 5.41) is 3.05. The van der Waals surface area contributed by atoms with E-state index >= 15 is 0 Å². The van der Waals surface area contributed by atoms with E-state index in [9.17, 15) is 9.00 Å². The van der Waals surface area contributed by atoms with Gasteiger partial charge in [0.25, 0.3) is 5.91 Å². The van der Waals surface area contributed by atoms with Crippen LogP contribution in [-0.2, 0) is 26.9 Å². The van der Waals surface area contributed by atoms with Crippen LogP contribution < -0.4 is 5.32 Å². The van der Waals surface area contributed by atoms with E-state index in [0.29, 0.717) is 23.8 Å². The molecule has 0 spiro atoms. The van der Waals surface area contributed by atoms with Gasteiger partial charge in [-0.2, -0.15) is 0 Å². The maximum absolute atomic E-state index is 13.2. The van der Waals surface area contributed by atoms with Crippen LogP contribution in [0.25, 0.3) is 17.2 Å². The Bertz CT molecular complexity index is 1310. The number of hydrogen-bond donors (Lipinski definition) is 1. The minimum Gasteiger partial charge on any atom is -0.381 e. The summed E-state index contributed by atoms with van der Waals surface area (Å²) in [5.41, 5.74) is 6.84. The number of nitrogens with one attached hydrogen (secondary N) is 1. The Kier molecular flexibility index (Phi) is 7.99. The van der Waals surface area contributed by atoms with Crippen LogP contribution in [0.2, 0.25) is 0 Å². The third-order valence-electron chi connectivity index (χ3n) is 7.28. The first-order valence-corrected chi connectivity index (χ1v) is 14.3. The van der Waals surface area contributed by atoms with Crippen molar-refractivity contribution in [2.24, 2.45) is 0 Å². The molecule has 1 N–H and O–H groups in total. The molecule has 0 radical (unpaired) electrons. The predicted octanol–water partition coefficient (Wildman–Crippen LogP) is 5.81. The van der Waals surface area contributed by atoms with Gasteiger partial charge in [-0.25, -0.2) is 0 Å². The average Bonchev–Trinajstić information content (AvgIpc) is 3.09. The molecule has 0 aliphatic carbocycles. The zero-order chi connectivity index (χ0) is 25.8. The molecule has 1 atom stereocenters. The molecule has 3 aromatic carbocycles. The van der Waals surface area contributed by atoms with Gasteiger partial charge in [0.1, 0.15) is 0 Å². The van der Waals surface area contributed by atoms with Crippen molar-refractivity contribution in [1.29, 1.82) is 0 Å². The second-order valence-corrected chi connectivity index (χ2v) is 11.5. The number of nitrogens with zero attached hydrogens (tertiary/aromatic N) is 1. The second-order valence-electron chi connectivity index (χ2n) is 10.00. The van der Waals surface area contributed by atoms with Gasteiger partial charge in [-0.15, -0.1) is 0 Å².